The van der Waals surface area contributed by atoms with E-state index in [1.807, 2.05) is 37.3 Å². The van der Waals surface area contributed by atoms with Gasteiger partial charge in [-0.15, -0.1) is 0 Å². The van der Waals surface area contributed by atoms with E-state index in [1.165, 1.54) is 10.5 Å². The molecule has 1 aliphatic rings. The number of carbonyl (C=O) groups excluding carboxylic acids is 2. The normalized spacial score (nSPS) is 15.6. The number of anilines is 1. The van der Waals surface area contributed by atoms with Gasteiger partial charge in [-0.2, -0.15) is 0 Å². The maximum Gasteiger partial charge on any atom is 0.338 e. The van der Waals surface area contributed by atoms with Crippen molar-refractivity contribution in [2.45, 2.75) is 26.5 Å². The molecule has 2 aromatic carbocycles. The minimum atomic E-state index is -0.884. The van der Waals surface area contributed by atoms with Gasteiger partial charge < -0.3 is 19.7 Å². The Balaban J connectivity index is 1.52. The molecule has 0 radical (unpaired) electrons. The number of hydrogen-bond donors (Lipinski definition) is 2. The maximum atomic E-state index is 12.3. The van der Waals surface area contributed by atoms with E-state index in [-0.39, 0.29) is 5.91 Å². The van der Waals surface area contributed by atoms with E-state index in [0.29, 0.717) is 11.3 Å². The first-order valence-electron chi connectivity index (χ1n) is 9.60. The Morgan fingerprint density at radius 3 is 2.54 bits per heavy atom. The van der Waals surface area contributed by atoms with Crippen LogP contribution >= 0.6 is 0 Å². The molecule has 6 heteroatoms. The number of ether oxygens (including phenoxy) is 2. The van der Waals surface area contributed by atoms with Gasteiger partial charge in [-0.3, -0.25) is 4.79 Å². The van der Waals surface area contributed by atoms with Crippen molar-refractivity contribution in [1.29, 1.82) is 0 Å². The van der Waals surface area contributed by atoms with E-state index >= 15 is 0 Å². The second-order valence-electron chi connectivity index (χ2n) is 7.14. The molecule has 28 heavy (non-hydrogen) atoms. The third-order valence-corrected chi connectivity index (χ3v) is 4.78. The summed E-state index contributed by atoms with van der Waals surface area (Å²) in [7, 11) is 0. The van der Waals surface area contributed by atoms with E-state index in [2.05, 4.69) is 5.32 Å². The average Bonchev–Trinajstić information content (AvgIpc) is 2.69. The van der Waals surface area contributed by atoms with Crippen LogP contribution in [0.4, 0.5) is 5.69 Å². The van der Waals surface area contributed by atoms with Crippen molar-refractivity contribution < 1.29 is 24.0 Å². The second kappa shape index (κ2) is 9.48. The number of amides is 1. The largest absolute Gasteiger partial charge is 0.449 e. The lowest BCUT2D eigenvalue weighted by Gasteiger charge is -2.23. The first-order valence-corrected chi connectivity index (χ1v) is 9.60. The van der Waals surface area contributed by atoms with Crippen molar-refractivity contribution in [1.82, 2.24) is 0 Å². The average molecular weight is 383 g/mol. The Morgan fingerprint density at radius 1 is 1.14 bits per heavy atom. The lowest BCUT2D eigenvalue weighted by Crippen LogP contribution is -3.12. The van der Waals surface area contributed by atoms with Crippen LogP contribution in [0.2, 0.25) is 0 Å². The Kier molecular flexibility index (Phi) is 6.79. The van der Waals surface area contributed by atoms with Gasteiger partial charge in [0.15, 0.2) is 6.10 Å². The molecular formula is C22H27N2O4+. The summed E-state index contributed by atoms with van der Waals surface area (Å²) in [6.07, 6.45) is -0.884. The van der Waals surface area contributed by atoms with Gasteiger partial charge in [0.25, 0.3) is 5.91 Å². The highest BCUT2D eigenvalue weighted by Gasteiger charge is 2.20. The monoisotopic (exact) mass is 383 g/mol. The van der Waals surface area contributed by atoms with Crippen molar-refractivity contribution in [3.05, 3.63) is 65.2 Å². The molecule has 0 aliphatic carbocycles. The molecule has 6 nitrogen and oxygen atoms in total. The molecule has 1 atom stereocenters. The Bertz CT molecular complexity index is 814. The smallest absolute Gasteiger partial charge is 0.338 e. The minimum absolute atomic E-state index is 0.355. The third kappa shape index (κ3) is 5.65. The van der Waals surface area contributed by atoms with Gasteiger partial charge in [-0.25, -0.2) is 4.79 Å². The van der Waals surface area contributed by atoms with Crippen molar-refractivity contribution in [2.24, 2.45) is 0 Å². The summed E-state index contributed by atoms with van der Waals surface area (Å²) in [5.41, 5.74) is 3.33. The zero-order chi connectivity index (χ0) is 19.9. The van der Waals surface area contributed by atoms with Crippen LogP contribution < -0.4 is 10.2 Å². The van der Waals surface area contributed by atoms with Gasteiger partial charge in [0.05, 0.1) is 18.8 Å². The van der Waals surface area contributed by atoms with Crippen molar-refractivity contribution in [2.75, 3.05) is 31.6 Å². The summed E-state index contributed by atoms with van der Waals surface area (Å²) in [4.78, 5) is 26.1. The zero-order valence-electron chi connectivity index (χ0n) is 16.4. The van der Waals surface area contributed by atoms with E-state index in [1.54, 1.807) is 25.1 Å². The van der Waals surface area contributed by atoms with E-state index in [9.17, 15) is 9.59 Å². The van der Waals surface area contributed by atoms with E-state index in [0.717, 1.165) is 38.4 Å². The molecule has 0 spiro atoms. The summed E-state index contributed by atoms with van der Waals surface area (Å²) in [6, 6.07) is 14.9. The number of rotatable bonds is 6. The highest BCUT2D eigenvalue weighted by Crippen LogP contribution is 2.12. The van der Waals surface area contributed by atoms with Crippen LogP contribution in [0, 0.1) is 6.92 Å². The van der Waals surface area contributed by atoms with E-state index < -0.39 is 12.1 Å². The van der Waals surface area contributed by atoms with Crippen LogP contribution in [0.3, 0.4) is 0 Å². The number of aryl methyl sites for hydroxylation is 1. The number of morpholine rings is 1. The van der Waals surface area contributed by atoms with Crippen LogP contribution in [0.25, 0.3) is 0 Å². The van der Waals surface area contributed by atoms with Crippen molar-refractivity contribution >= 4 is 17.6 Å². The molecule has 148 valence electrons. The predicted octanol–water partition coefficient (Wildman–Crippen LogP) is 1.59. The molecule has 1 saturated heterocycles. The zero-order valence-corrected chi connectivity index (χ0v) is 16.4. The molecule has 0 aromatic heterocycles. The molecule has 0 saturated carbocycles. The standard InChI is InChI=1S/C22H26N2O4/c1-16-4-3-5-20(14-16)23-21(25)17(2)28-22(26)19-8-6-18(7-9-19)15-24-10-12-27-13-11-24/h3-9,14,17H,10-13,15H2,1-2H3,(H,23,25)/p+1/t17-/m0/s1. The summed E-state index contributed by atoms with van der Waals surface area (Å²) >= 11 is 0. The van der Waals surface area contributed by atoms with Crippen LogP contribution in [0.1, 0.15) is 28.4 Å². The van der Waals surface area contributed by atoms with Crippen LogP contribution in [0.5, 0.6) is 0 Å². The second-order valence-corrected chi connectivity index (χ2v) is 7.14. The van der Waals surface area contributed by atoms with Gasteiger partial charge in [0.1, 0.15) is 19.6 Å². The first kappa shape index (κ1) is 20.0. The SMILES string of the molecule is Cc1cccc(NC(=O)[C@H](C)OC(=O)c2ccc(C[NH+]3CCOCC3)cc2)c1. The summed E-state index contributed by atoms with van der Waals surface area (Å²) < 4.78 is 10.7. The molecule has 2 aromatic rings. The quantitative estimate of drug-likeness (QED) is 0.744. The summed E-state index contributed by atoms with van der Waals surface area (Å²) in [5, 5.41) is 2.76. The van der Waals surface area contributed by atoms with Crippen LogP contribution in [-0.4, -0.2) is 44.3 Å². The first-order chi connectivity index (χ1) is 13.5. The Hall–Kier alpha value is -2.70. The van der Waals surface area contributed by atoms with Gasteiger partial charge >= 0.3 is 5.97 Å². The van der Waals surface area contributed by atoms with Gasteiger partial charge in [-0.05, 0) is 43.7 Å². The topological polar surface area (TPSA) is 69.1 Å². The summed E-state index contributed by atoms with van der Waals surface area (Å²) in [5.74, 6) is -0.858. The van der Waals surface area contributed by atoms with Gasteiger partial charge in [0, 0.05) is 11.3 Å². The van der Waals surface area contributed by atoms with E-state index in [4.69, 9.17) is 9.47 Å². The molecule has 1 amide bonds. The molecule has 1 heterocycles. The number of benzene rings is 2. The van der Waals surface area contributed by atoms with Crippen molar-refractivity contribution in [3.8, 4) is 0 Å². The highest BCUT2D eigenvalue weighted by molar-refractivity contribution is 5.97. The summed E-state index contributed by atoms with van der Waals surface area (Å²) in [6.45, 7) is 8.01. The fourth-order valence-corrected chi connectivity index (χ4v) is 3.13. The molecule has 0 unspecified atom stereocenters. The van der Waals surface area contributed by atoms with Crippen LogP contribution in [-0.2, 0) is 20.8 Å². The number of esters is 1. The lowest BCUT2D eigenvalue weighted by molar-refractivity contribution is -0.921. The molecule has 2 N–H and O–H groups in total. The van der Waals surface area contributed by atoms with Crippen LogP contribution in [0.15, 0.2) is 48.5 Å². The van der Waals surface area contributed by atoms with Gasteiger partial charge in [0.2, 0.25) is 0 Å². The number of carbonyl (C=O) groups is 2. The fraction of sp³-hybridized carbons (Fsp3) is 0.364. The molecule has 1 aliphatic heterocycles. The maximum absolute atomic E-state index is 12.3. The number of hydrogen-bond acceptors (Lipinski definition) is 4. The molecular weight excluding hydrogens is 356 g/mol. The third-order valence-electron chi connectivity index (χ3n) is 4.78. The predicted molar refractivity (Wildman–Crippen MR) is 106 cm³/mol. The van der Waals surface area contributed by atoms with Gasteiger partial charge in [-0.1, -0.05) is 24.3 Å². The molecule has 1 fully saturated rings. The Morgan fingerprint density at radius 2 is 1.86 bits per heavy atom. The molecule has 3 rings (SSSR count). The lowest BCUT2D eigenvalue weighted by atomic mass is 10.1. The number of quaternary nitrogens is 1. The minimum Gasteiger partial charge on any atom is -0.449 e. The fourth-order valence-electron chi connectivity index (χ4n) is 3.13. The molecule has 0 bridgehead atoms. The number of nitrogens with one attached hydrogen (secondary N) is 2. The Labute approximate surface area is 165 Å². The van der Waals surface area contributed by atoms with Crippen molar-refractivity contribution in [3.63, 3.8) is 0 Å². The highest BCUT2D eigenvalue weighted by atomic mass is 16.5.